The summed E-state index contributed by atoms with van der Waals surface area (Å²) in [6.45, 7) is 10.1. The summed E-state index contributed by atoms with van der Waals surface area (Å²) in [4.78, 5) is 11.6. The third-order valence-corrected chi connectivity index (χ3v) is 7.27. The first-order valence-electron chi connectivity index (χ1n) is 11.9. The molecule has 1 atom stereocenters. The maximum absolute atomic E-state index is 13.5. The van der Waals surface area contributed by atoms with Crippen LogP contribution >= 0.6 is 0 Å². The van der Waals surface area contributed by atoms with Crippen LogP contribution in [-0.2, 0) is 32.2 Å². The normalized spacial score (nSPS) is 16.5. The lowest BCUT2D eigenvalue weighted by Crippen LogP contribution is -2.29. The molecule has 1 unspecified atom stereocenters. The van der Waals surface area contributed by atoms with Gasteiger partial charge in [0.05, 0.1) is 10.5 Å². The molecule has 1 aliphatic rings. The van der Waals surface area contributed by atoms with E-state index in [9.17, 15) is 26.4 Å². The molecular weight excluding hydrogens is 507 g/mol. The van der Waals surface area contributed by atoms with E-state index >= 15 is 0 Å². The molecule has 202 valence electrons. The van der Waals surface area contributed by atoms with Crippen molar-refractivity contribution in [2.45, 2.75) is 76.1 Å². The summed E-state index contributed by atoms with van der Waals surface area (Å²) < 4.78 is 80.7. The summed E-state index contributed by atoms with van der Waals surface area (Å²) in [5.41, 5.74) is 0.0962. The highest BCUT2D eigenvalue weighted by molar-refractivity contribution is 7.89. The summed E-state index contributed by atoms with van der Waals surface area (Å²) in [7, 11) is -4.32. The summed E-state index contributed by atoms with van der Waals surface area (Å²) >= 11 is 0. The Morgan fingerprint density at radius 2 is 1.84 bits per heavy atom. The molecular formula is C27H32F3NO5S. The number of sulfonamides is 1. The summed E-state index contributed by atoms with van der Waals surface area (Å²) in [6, 6.07) is 7.18. The smallest absolute Gasteiger partial charge is 0.416 e. The number of alkyl halides is 3. The topological polar surface area (TPSA) is 81.7 Å². The fourth-order valence-electron chi connectivity index (χ4n) is 4.17. The summed E-state index contributed by atoms with van der Waals surface area (Å²) in [5, 5.41) is 0. The summed E-state index contributed by atoms with van der Waals surface area (Å²) in [5.74, 6) is -0.0908. The van der Waals surface area contributed by atoms with E-state index < -0.39 is 44.3 Å². The number of halogens is 3. The lowest BCUT2D eigenvalue weighted by atomic mass is 9.99. The van der Waals surface area contributed by atoms with Crippen molar-refractivity contribution in [3.8, 4) is 5.75 Å². The van der Waals surface area contributed by atoms with Crippen LogP contribution in [0.1, 0.15) is 75.3 Å². The fraction of sp³-hybridized carbons (Fsp3) is 0.444. The van der Waals surface area contributed by atoms with Gasteiger partial charge in [-0.15, -0.1) is 0 Å². The minimum Gasteiger partial charge on any atom is -0.482 e. The molecule has 3 rings (SSSR count). The van der Waals surface area contributed by atoms with Crippen molar-refractivity contribution in [2.75, 3.05) is 6.61 Å². The van der Waals surface area contributed by atoms with E-state index in [-0.39, 0.29) is 12.2 Å². The number of hydrogen-bond donors (Lipinski definition) is 1. The van der Waals surface area contributed by atoms with E-state index in [1.54, 1.807) is 39.0 Å². The zero-order chi connectivity index (χ0) is 27.6. The van der Waals surface area contributed by atoms with Crippen molar-refractivity contribution in [1.29, 1.82) is 0 Å². The minimum atomic E-state index is -4.72. The Bertz CT molecular complexity index is 1280. The van der Waals surface area contributed by atoms with Crippen LogP contribution in [0.2, 0.25) is 0 Å². The van der Waals surface area contributed by atoms with Crippen LogP contribution in [0.3, 0.4) is 0 Å². The molecule has 37 heavy (non-hydrogen) atoms. The number of hydrogen-bond acceptors (Lipinski definition) is 5. The van der Waals surface area contributed by atoms with Gasteiger partial charge in [0.1, 0.15) is 11.4 Å². The Kier molecular flexibility index (Phi) is 8.44. The van der Waals surface area contributed by atoms with Gasteiger partial charge >= 0.3 is 12.1 Å². The first-order chi connectivity index (χ1) is 17.1. The second kappa shape index (κ2) is 10.9. The molecule has 1 aliphatic carbocycles. The molecule has 2 aromatic rings. The first kappa shape index (κ1) is 28.7. The number of benzene rings is 2. The van der Waals surface area contributed by atoms with Crippen LogP contribution in [0.5, 0.6) is 5.75 Å². The maximum atomic E-state index is 13.5. The third-order valence-electron chi connectivity index (χ3n) is 5.81. The Labute approximate surface area is 215 Å². The quantitative estimate of drug-likeness (QED) is 0.334. The molecule has 0 bridgehead atoms. The number of fused-ring (bicyclic) bond motifs is 1. The number of nitrogens with one attached hydrogen (secondary N) is 1. The van der Waals surface area contributed by atoms with Gasteiger partial charge < -0.3 is 9.47 Å². The van der Waals surface area contributed by atoms with Gasteiger partial charge in [-0.25, -0.2) is 17.9 Å². The Morgan fingerprint density at radius 1 is 1.14 bits per heavy atom. The molecule has 0 fully saturated rings. The van der Waals surface area contributed by atoms with Gasteiger partial charge in [0.25, 0.3) is 0 Å². The molecule has 0 radical (unpaired) electrons. The molecule has 1 N–H and O–H groups in total. The minimum absolute atomic E-state index is 0.0919. The van der Waals surface area contributed by atoms with Crippen LogP contribution in [0.25, 0.3) is 5.57 Å². The Balaban J connectivity index is 1.92. The van der Waals surface area contributed by atoms with Crippen molar-refractivity contribution in [2.24, 2.45) is 0 Å². The summed E-state index contributed by atoms with van der Waals surface area (Å²) in [6.07, 6.45) is -2.23. The van der Waals surface area contributed by atoms with Gasteiger partial charge in [0.15, 0.2) is 6.61 Å². The molecule has 0 heterocycles. The molecule has 6 nitrogen and oxygen atoms in total. The molecule has 0 amide bonds. The highest BCUT2D eigenvalue weighted by Gasteiger charge is 2.34. The lowest BCUT2D eigenvalue weighted by molar-refractivity contribution is -0.157. The van der Waals surface area contributed by atoms with E-state index in [4.69, 9.17) is 9.47 Å². The zero-order valence-electron chi connectivity index (χ0n) is 21.4. The van der Waals surface area contributed by atoms with E-state index in [0.717, 1.165) is 18.1 Å². The number of rotatable bonds is 7. The van der Waals surface area contributed by atoms with Gasteiger partial charge in [-0.1, -0.05) is 30.7 Å². The fourth-order valence-corrected chi connectivity index (χ4v) is 5.49. The van der Waals surface area contributed by atoms with Gasteiger partial charge in [0.2, 0.25) is 10.0 Å². The van der Waals surface area contributed by atoms with E-state index in [0.29, 0.717) is 42.2 Å². The standard InChI is InChI=1S/C27H32F3NO5S/c1-17(2)18-13-19(27(28,29)30)15-20(14-18)37(33,34)31-23-11-7-6-9-22-21(23)10-8-12-24(22)35-16-25(32)36-26(3,4)5/h8,10,12-15,23,31H,1,6-7,9,11,16H2,2-5H3. The van der Waals surface area contributed by atoms with E-state index in [2.05, 4.69) is 11.3 Å². The second-order valence-electron chi connectivity index (χ2n) is 10.1. The second-order valence-corrected chi connectivity index (χ2v) is 11.9. The number of esters is 1. The molecule has 0 aromatic heterocycles. The Morgan fingerprint density at radius 3 is 2.46 bits per heavy atom. The molecule has 0 aliphatic heterocycles. The Hall–Kier alpha value is -2.85. The average Bonchev–Trinajstić information content (AvgIpc) is 2.98. The van der Waals surface area contributed by atoms with Crippen LogP contribution in [0.4, 0.5) is 13.2 Å². The van der Waals surface area contributed by atoms with E-state index in [1.165, 1.54) is 13.0 Å². The van der Waals surface area contributed by atoms with Crippen molar-refractivity contribution >= 4 is 21.6 Å². The molecule has 2 aromatic carbocycles. The molecule has 0 saturated heterocycles. The van der Waals surface area contributed by atoms with Crippen molar-refractivity contribution in [1.82, 2.24) is 4.72 Å². The van der Waals surface area contributed by atoms with Crippen LogP contribution in [0.15, 0.2) is 47.9 Å². The van der Waals surface area contributed by atoms with Crippen LogP contribution in [-0.4, -0.2) is 26.6 Å². The predicted octanol–water partition coefficient (Wildman–Crippen LogP) is 6.21. The number of allylic oxidation sites excluding steroid dienone is 1. The zero-order valence-corrected chi connectivity index (χ0v) is 22.2. The van der Waals surface area contributed by atoms with Gasteiger partial charge in [-0.05, 0) is 87.9 Å². The third kappa shape index (κ3) is 7.58. The highest BCUT2D eigenvalue weighted by atomic mass is 32.2. The number of carbonyl (C=O) groups is 1. The van der Waals surface area contributed by atoms with Crippen LogP contribution in [0, 0.1) is 0 Å². The van der Waals surface area contributed by atoms with Crippen LogP contribution < -0.4 is 9.46 Å². The average molecular weight is 540 g/mol. The largest absolute Gasteiger partial charge is 0.482 e. The SMILES string of the molecule is C=C(C)c1cc(C(F)(F)F)cc(S(=O)(=O)NC2CCCCc3c(OCC(=O)OC(C)(C)C)cccc32)c1. The van der Waals surface area contributed by atoms with E-state index in [1.807, 2.05) is 0 Å². The maximum Gasteiger partial charge on any atom is 0.416 e. The van der Waals surface area contributed by atoms with Gasteiger partial charge in [0, 0.05) is 6.04 Å². The predicted molar refractivity (Wildman–Crippen MR) is 135 cm³/mol. The highest BCUT2D eigenvalue weighted by Crippen LogP contribution is 2.37. The molecule has 0 saturated carbocycles. The van der Waals surface area contributed by atoms with Gasteiger partial charge in [-0.2, -0.15) is 13.2 Å². The lowest BCUT2D eigenvalue weighted by Gasteiger charge is -2.22. The van der Waals surface area contributed by atoms with Crippen molar-refractivity contribution in [3.05, 3.63) is 65.2 Å². The van der Waals surface area contributed by atoms with Gasteiger partial charge in [-0.3, -0.25) is 0 Å². The van der Waals surface area contributed by atoms with Crippen molar-refractivity contribution < 1.29 is 35.9 Å². The van der Waals surface area contributed by atoms with Crippen molar-refractivity contribution in [3.63, 3.8) is 0 Å². The molecule has 10 heteroatoms. The number of carbonyl (C=O) groups excluding carboxylic acids is 1. The monoisotopic (exact) mass is 539 g/mol. The first-order valence-corrected chi connectivity index (χ1v) is 13.4. The number of ether oxygens (including phenoxy) is 2. The molecule has 0 spiro atoms.